The third-order valence-corrected chi connectivity index (χ3v) is 3.24. The molecule has 18 heavy (non-hydrogen) atoms. The first kappa shape index (κ1) is 14.7. The number of hydrogen-bond donors (Lipinski definition) is 1. The monoisotopic (exact) mass is 249 g/mol. The van der Waals surface area contributed by atoms with Crippen molar-refractivity contribution in [3.05, 3.63) is 35.4 Å². The molecular formula is C15H23NO2. The van der Waals surface area contributed by atoms with Gasteiger partial charge in [0.05, 0.1) is 12.0 Å². The van der Waals surface area contributed by atoms with Crippen molar-refractivity contribution in [3.63, 3.8) is 0 Å². The van der Waals surface area contributed by atoms with Gasteiger partial charge in [-0.25, -0.2) is 0 Å². The first-order valence-corrected chi connectivity index (χ1v) is 6.50. The molecule has 1 rings (SSSR count). The van der Waals surface area contributed by atoms with Gasteiger partial charge in [-0.15, -0.1) is 0 Å². The molecule has 0 bridgehead atoms. The number of carbonyl (C=O) groups excluding carboxylic acids is 1. The van der Waals surface area contributed by atoms with Crippen molar-refractivity contribution in [1.29, 1.82) is 0 Å². The number of rotatable bonds is 6. The zero-order valence-corrected chi connectivity index (χ0v) is 11.5. The summed E-state index contributed by atoms with van der Waals surface area (Å²) in [5.41, 5.74) is 7.52. The van der Waals surface area contributed by atoms with Gasteiger partial charge in [0, 0.05) is 6.54 Å². The highest BCUT2D eigenvalue weighted by Gasteiger charge is 2.33. The smallest absolute Gasteiger partial charge is 0.313 e. The Hall–Kier alpha value is -1.35. The quantitative estimate of drug-likeness (QED) is 0.787. The Morgan fingerprint density at radius 1 is 1.22 bits per heavy atom. The molecule has 0 aliphatic rings. The second-order valence-electron chi connectivity index (χ2n) is 4.83. The van der Waals surface area contributed by atoms with Crippen LogP contribution in [0.15, 0.2) is 24.3 Å². The van der Waals surface area contributed by atoms with Crippen LogP contribution in [0.1, 0.15) is 31.9 Å². The van der Waals surface area contributed by atoms with E-state index in [-0.39, 0.29) is 5.97 Å². The van der Waals surface area contributed by atoms with Gasteiger partial charge >= 0.3 is 5.97 Å². The van der Waals surface area contributed by atoms with E-state index in [1.54, 1.807) is 0 Å². The molecule has 1 atom stereocenters. The normalized spacial score (nSPS) is 14.0. The number of carbonyl (C=O) groups is 1. The van der Waals surface area contributed by atoms with Gasteiger partial charge in [-0.05, 0) is 37.8 Å². The first-order valence-electron chi connectivity index (χ1n) is 6.50. The van der Waals surface area contributed by atoms with Gasteiger partial charge in [-0.2, -0.15) is 0 Å². The van der Waals surface area contributed by atoms with E-state index in [9.17, 15) is 4.79 Å². The molecule has 0 aromatic heterocycles. The van der Waals surface area contributed by atoms with Crippen LogP contribution in [0.5, 0.6) is 0 Å². The zero-order chi connectivity index (χ0) is 13.6. The SMILES string of the molecule is CCOC(=O)C(C)(CN)Cc1ccc(CC)cc1. The number of benzene rings is 1. The fourth-order valence-electron chi connectivity index (χ4n) is 1.88. The predicted octanol–water partition coefficient (Wildman–Crippen LogP) is 2.32. The molecule has 0 aliphatic heterocycles. The van der Waals surface area contributed by atoms with Crippen molar-refractivity contribution in [2.75, 3.05) is 13.2 Å². The molecular weight excluding hydrogens is 226 g/mol. The summed E-state index contributed by atoms with van der Waals surface area (Å²) in [5, 5.41) is 0. The molecule has 0 spiro atoms. The Balaban J connectivity index is 2.80. The third-order valence-electron chi connectivity index (χ3n) is 3.24. The lowest BCUT2D eigenvalue weighted by Gasteiger charge is -2.25. The van der Waals surface area contributed by atoms with Crippen molar-refractivity contribution in [1.82, 2.24) is 0 Å². The summed E-state index contributed by atoms with van der Waals surface area (Å²) in [6.45, 7) is 6.48. The van der Waals surface area contributed by atoms with Crippen molar-refractivity contribution in [3.8, 4) is 0 Å². The lowest BCUT2D eigenvalue weighted by molar-refractivity contribution is -0.153. The molecule has 0 radical (unpaired) electrons. The molecule has 0 amide bonds. The summed E-state index contributed by atoms with van der Waals surface area (Å²) in [5.74, 6) is -0.216. The Kier molecular flexibility index (Phi) is 5.35. The van der Waals surface area contributed by atoms with Gasteiger partial charge < -0.3 is 10.5 Å². The highest BCUT2D eigenvalue weighted by Crippen LogP contribution is 2.23. The van der Waals surface area contributed by atoms with Gasteiger partial charge in [0.2, 0.25) is 0 Å². The number of hydrogen-bond acceptors (Lipinski definition) is 3. The van der Waals surface area contributed by atoms with Gasteiger partial charge in [-0.3, -0.25) is 4.79 Å². The second-order valence-corrected chi connectivity index (χ2v) is 4.83. The summed E-state index contributed by atoms with van der Waals surface area (Å²) in [6.07, 6.45) is 1.64. The minimum Gasteiger partial charge on any atom is -0.466 e. The minimum atomic E-state index is -0.635. The topological polar surface area (TPSA) is 52.3 Å². The molecule has 2 N–H and O–H groups in total. The third kappa shape index (κ3) is 3.57. The van der Waals surface area contributed by atoms with E-state index in [0.717, 1.165) is 12.0 Å². The number of ether oxygens (including phenoxy) is 1. The van der Waals surface area contributed by atoms with Crippen LogP contribution >= 0.6 is 0 Å². The Labute approximate surface area is 109 Å². The summed E-state index contributed by atoms with van der Waals surface area (Å²) in [6, 6.07) is 8.31. The summed E-state index contributed by atoms with van der Waals surface area (Å²) in [4.78, 5) is 11.9. The van der Waals surface area contributed by atoms with E-state index in [0.29, 0.717) is 19.6 Å². The molecule has 3 heteroatoms. The van der Waals surface area contributed by atoms with Crippen molar-refractivity contribution in [2.24, 2.45) is 11.1 Å². The molecule has 0 fully saturated rings. The van der Waals surface area contributed by atoms with E-state index in [1.165, 1.54) is 5.56 Å². The van der Waals surface area contributed by atoms with E-state index < -0.39 is 5.41 Å². The maximum Gasteiger partial charge on any atom is 0.313 e. The Morgan fingerprint density at radius 3 is 2.22 bits per heavy atom. The van der Waals surface area contributed by atoms with Crippen LogP contribution in [0, 0.1) is 5.41 Å². The standard InChI is InChI=1S/C15H23NO2/c1-4-12-6-8-13(9-7-12)10-15(3,11-16)14(17)18-5-2/h6-9H,4-5,10-11,16H2,1-3H3. The molecule has 1 unspecified atom stereocenters. The van der Waals surface area contributed by atoms with Gasteiger partial charge in [0.15, 0.2) is 0 Å². The van der Waals surface area contributed by atoms with Gasteiger partial charge in [0.1, 0.15) is 0 Å². The first-order chi connectivity index (χ1) is 8.55. The van der Waals surface area contributed by atoms with Gasteiger partial charge in [0.25, 0.3) is 0 Å². The van der Waals surface area contributed by atoms with Crippen LogP contribution in [0.4, 0.5) is 0 Å². The maximum absolute atomic E-state index is 11.9. The fourth-order valence-corrected chi connectivity index (χ4v) is 1.88. The van der Waals surface area contributed by atoms with Crippen molar-refractivity contribution < 1.29 is 9.53 Å². The fraction of sp³-hybridized carbons (Fsp3) is 0.533. The molecule has 100 valence electrons. The minimum absolute atomic E-state index is 0.216. The largest absolute Gasteiger partial charge is 0.466 e. The second kappa shape index (κ2) is 6.55. The summed E-state index contributed by atoms with van der Waals surface area (Å²) in [7, 11) is 0. The molecule has 0 heterocycles. The number of nitrogens with two attached hydrogens (primary N) is 1. The zero-order valence-electron chi connectivity index (χ0n) is 11.5. The lowest BCUT2D eigenvalue weighted by atomic mass is 9.83. The van der Waals surface area contributed by atoms with Crippen LogP contribution in [-0.4, -0.2) is 19.1 Å². The molecule has 0 saturated heterocycles. The van der Waals surface area contributed by atoms with E-state index in [1.807, 2.05) is 13.8 Å². The van der Waals surface area contributed by atoms with E-state index in [2.05, 4.69) is 31.2 Å². The maximum atomic E-state index is 11.9. The highest BCUT2D eigenvalue weighted by atomic mass is 16.5. The predicted molar refractivity (Wildman–Crippen MR) is 73.3 cm³/mol. The van der Waals surface area contributed by atoms with Crippen LogP contribution in [0.2, 0.25) is 0 Å². The molecule has 0 saturated carbocycles. The van der Waals surface area contributed by atoms with Crippen molar-refractivity contribution >= 4 is 5.97 Å². The molecule has 3 nitrogen and oxygen atoms in total. The summed E-state index contributed by atoms with van der Waals surface area (Å²) >= 11 is 0. The highest BCUT2D eigenvalue weighted by molar-refractivity contribution is 5.77. The summed E-state index contributed by atoms with van der Waals surface area (Å²) < 4.78 is 5.10. The lowest BCUT2D eigenvalue weighted by Crippen LogP contribution is -2.39. The van der Waals surface area contributed by atoms with E-state index in [4.69, 9.17) is 10.5 Å². The van der Waals surface area contributed by atoms with Crippen LogP contribution in [-0.2, 0) is 22.4 Å². The van der Waals surface area contributed by atoms with Crippen LogP contribution < -0.4 is 5.73 Å². The average molecular weight is 249 g/mol. The van der Waals surface area contributed by atoms with Crippen molar-refractivity contribution in [2.45, 2.75) is 33.6 Å². The Bertz CT molecular complexity index is 386. The average Bonchev–Trinajstić information content (AvgIpc) is 2.39. The van der Waals surface area contributed by atoms with Gasteiger partial charge in [-0.1, -0.05) is 31.2 Å². The molecule has 1 aromatic carbocycles. The number of aryl methyl sites for hydroxylation is 1. The van der Waals surface area contributed by atoms with Crippen LogP contribution in [0.3, 0.4) is 0 Å². The number of esters is 1. The molecule has 1 aromatic rings. The van der Waals surface area contributed by atoms with E-state index >= 15 is 0 Å². The molecule has 0 aliphatic carbocycles. The Morgan fingerprint density at radius 2 is 1.78 bits per heavy atom. The van der Waals surface area contributed by atoms with Crippen LogP contribution in [0.25, 0.3) is 0 Å².